The van der Waals surface area contributed by atoms with Gasteiger partial charge in [-0.25, -0.2) is 0 Å². The highest BCUT2D eigenvalue weighted by atomic mass is 16.5. The molecule has 0 aliphatic carbocycles. The Morgan fingerprint density at radius 1 is 0.875 bits per heavy atom. The normalized spacial score (nSPS) is 13.5. The molecule has 1 aliphatic heterocycles. The molecule has 1 fully saturated rings. The molecule has 40 heavy (non-hydrogen) atoms. The minimum Gasteiger partial charge on any atom is -0.493 e. The van der Waals surface area contributed by atoms with Crippen LogP contribution in [0.4, 0.5) is 5.69 Å². The van der Waals surface area contributed by atoms with E-state index in [0.29, 0.717) is 30.1 Å². The second kappa shape index (κ2) is 11.3. The molecule has 1 saturated heterocycles. The number of aromatic nitrogens is 3. The summed E-state index contributed by atoms with van der Waals surface area (Å²) in [6.45, 7) is 4.33. The third kappa shape index (κ3) is 5.07. The van der Waals surface area contributed by atoms with Gasteiger partial charge in [0.2, 0.25) is 0 Å². The van der Waals surface area contributed by atoms with E-state index in [0.717, 1.165) is 65.3 Å². The van der Waals surface area contributed by atoms with Crippen LogP contribution < -0.4 is 19.9 Å². The molecular weight excluding hydrogens is 500 g/mol. The molecule has 0 radical (unpaired) electrons. The zero-order valence-corrected chi connectivity index (χ0v) is 23.0. The number of anilines is 1. The second-order valence-corrected chi connectivity index (χ2v) is 10.3. The number of nitrogens with zero attached hydrogens (tertiary/aromatic N) is 3. The van der Waals surface area contributed by atoms with Crippen molar-refractivity contribution >= 4 is 11.3 Å². The van der Waals surface area contributed by atoms with E-state index in [1.54, 1.807) is 11.6 Å². The smallest absolute Gasteiger partial charge is 0.278 e. The first kappa shape index (κ1) is 25.7. The number of ether oxygens (including phenoxy) is 2. The number of hydrogen-bond acceptors (Lipinski definition) is 5. The lowest BCUT2D eigenvalue weighted by atomic mass is 10.0. The fraction of sp³-hybridized carbons (Fsp3) is 0.273. The number of aryl methyl sites for hydroxylation is 1. The Labute approximate surface area is 234 Å². The predicted molar refractivity (Wildman–Crippen MR) is 159 cm³/mol. The lowest BCUT2D eigenvalue weighted by molar-refractivity contribution is 0.284. The summed E-state index contributed by atoms with van der Waals surface area (Å²) in [6, 6.07) is 26.0. The van der Waals surface area contributed by atoms with Crippen LogP contribution in [0.2, 0.25) is 0 Å². The van der Waals surface area contributed by atoms with Gasteiger partial charge in [0, 0.05) is 36.3 Å². The van der Waals surface area contributed by atoms with E-state index < -0.39 is 0 Å². The Morgan fingerprint density at radius 3 is 2.33 bits per heavy atom. The molecule has 2 aromatic heterocycles. The van der Waals surface area contributed by atoms with Crippen molar-refractivity contribution in [2.45, 2.75) is 39.2 Å². The van der Waals surface area contributed by atoms with Gasteiger partial charge in [0.05, 0.1) is 7.11 Å². The summed E-state index contributed by atoms with van der Waals surface area (Å²) < 4.78 is 13.2. The number of piperidine rings is 1. The van der Waals surface area contributed by atoms with Gasteiger partial charge in [-0.15, -0.1) is 0 Å². The number of nitrogens with one attached hydrogen (secondary N) is 1. The average Bonchev–Trinajstić information content (AvgIpc) is 3.39. The molecule has 7 nitrogen and oxygen atoms in total. The Hall–Kier alpha value is -4.52. The van der Waals surface area contributed by atoms with E-state index in [1.807, 2.05) is 73.7 Å². The molecule has 0 saturated carbocycles. The van der Waals surface area contributed by atoms with Crippen LogP contribution in [0.5, 0.6) is 11.5 Å². The highest BCUT2D eigenvalue weighted by molar-refractivity contribution is 5.86. The zero-order chi connectivity index (χ0) is 27.5. The van der Waals surface area contributed by atoms with Gasteiger partial charge in [-0.1, -0.05) is 66.7 Å². The topological polar surface area (TPSA) is 71.9 Å². The third-order valence-electron chi connectivity index (χ3n) is 7.64. The first-order chi connectivity index (χ1) is 19.6. The summed E-state index contributed by atoms with van der Waals surface area (Å²) in [6.07, 6.45) is 3.95. The third-order valence-corrected chi connectivity index (χ3v) is 7.64. The molecule has 0 spiro atoms. The molecule has 1 aliphatic rings. The number of rotatable bonds is 8. The minimum absolute atomic E-state index is 0.103. The van der Waals surface area contributed by atoms with E-state index in [4.69, 9.17) is 14.6 Å². The van der Waals surface area contributed by atoms with Crippen molar-refractivity contribution in [1.82, 2.24) is 14.6 Å². The van der Waals surface area contributed by atoms with Gasteiger partial charge in [0.25, 0.3) is 5.56 Å². The Morgan fingerprint density at radius 2 is 1.60 bits per heavy atom. The van der Waals surface area contributed by atoms with Crippen molar-refractivity contribution in [3.8, 4) is 22.8 Å². The van der Waals surface area contributed by atoms with Crippen LogP contribution >= 0.6 is 0 Å². The number of methoxy groups -OCH3 is 1. The number of fused-ring (bicyclic) bond motifs is 1. The van der Waals surface area contributed by atoms with Crippen LogP contribution in [-0.4, -0.2) is 34.8 Å². The lowest BCUT2D eigenvalue weighted by Crippen LogP contribution is -2.30. The molecular formula is C33H34N4O3. The maximum Gasteiger partial charge on any atom is 0.278 e. The summed E-state index contributed by atoms with van der Waals surface area (Å²) in [4.78, 5) is 19.9. The predicted octanol–water partition coefficient (Wildman–Crippen LogP) is 6.17. The van der Waals surface area contributed by atoms with Crippen molar-refractivity contribution in [2.24, 2.45) is 0 Å². The first-order valence-corrected chi connectivity index (χ1v) is 13.9. The van der Waals surface area contributed by atoms with Gasteiger partial charge in [0.1, 0.15) is 18.0 Å². The van der Waals surface area contributed by atoms with E-state index in [-0.39, 0.29) is 5.56 Å². The van der Waals surface area contributed by atoms with E-state index in [1.165, 1.54) is 6.42 Å². The number of hydrogen-bond donors (Lipinski definition) is 1. The van der Waals surface area contributed by atoms with Gasteiger partial charge in [-0.3, -0.25) is 4.79 Å². The summed E-state index contributed by atoms with van der Waals surface area (Å²) in [5, 5.41) is 4.90. The Balaban J connectivity index is 1.38. The van der Waals surface area contributed by atoms with Gasteiger partial charge in [-0.05, 0) is 49.4 Å². The van der Waals surface area contributed by atoms with Crippen molar-refractivity contribution in [3.63, 3.8) is 0 Å². The van der Waals surface area contributed by atoms with Crippen molar-refractivity contribution in [1.29, 1.82) is 0 Å². The first-order valence-electron chi connectivity index (χ1n) is 13.9. The fourth-order valence-electron chi connectivity index (χ4n) is 5.51. The molecule has 5 aromatic rings. The molecule has 1 N–H and O–H groups in total. The number of H-pyrrole nitrogens is 1. The summed E-state index contributed by atoms with van der Waals surface area (Å²) in [5.41, 5.74) is 7.08. The van der Waals surface area contributed by atoms with Gasteiger partial charge in [0.15, 0.2) is 17.1 Å². The van der Waals surface area contributed by atoms with Crippen LogP contribution in [0, 0.1) is 6.92 Å². The van der Waals surface area contributed by atoms with Crippen LogP contribution in [0.25, 0.3) is 16.9 Å². The number of benzene rings is 3. The summed E-state index contributed by atoms with van der Waals surface area (Å²) >= 11 is 0. The largest absolute Gasteiger partial charge is 0.493 e. The molecule has 0 amide bonds. The van der Waals surface area contributed by atoms with Gasteiger partial charge in [-0.2, -0.15) is 9.61 Å². The molecule has 3 heterocycles. The standard InChI is InChI=1S/C33H34N4O3/c1-23-27(20-25-16-17-28(39-2)29(21-25)40-22-24-12-6-3-7-13-24)33(38)37-32(34-23)31(36-18-10-5-11-19-36)30(35-37)26-14-8-4-9-15-26/h3-4,6-9,12-17,21,34H,5,10-11,18-20,22H2,1-2H3. The lowest BCUT2D eigenvalue weighted by Gasteiger charge is -2.28. The van der Waals surface area contributed by atoms with Crippen LogP contribution in [0.1, 0.15) is 41.6 Å². The highest BCUT2D eigenvalue weighted by Gasteiger charge is 2.25. The second-order valence-electron chi connectivity index (χ2n) is 10.3. The van der Waals surface area contributed by atoms with E-state index >= 15 is 0 Å². The van der Waals surface area contributed by atoms with Crippen LogP contribution in [0.15, 0.2) is 83.7 Å². The molecule has 204 valence electrons. The maximum atomic E-state index is 14.0. The number of aromatic amines is 1. The fourth-order valence-corrected chi connectivity index (χ4v) is 5.51. The SMILES string of the molecule is COc1ccc(Cc2c(C)[nH]c3c(N4CCCCC4)c(-c4ccccc4)nn3c2=O)cc1OCc1ccccc1. The highest BCUT2D eigenvalue weighted by Crippen LogP contribution is 2.35. The van der Waals surface area contributed by atoms with Gasteiger partial charge >= 0.3 is 0 Å². The van der Waals surface area contributed by atoms with E-state index in [2.05, 4.69) is 22.0 Å². The maximum absolute atomic E-state index is 14.0. The van der Waals surface area contributed by atoms with Crippen molar-refractivity contribution in [3.05, 3.63) is 112 Å². The molecule has 3 aromatic carbocycles. The molecule has 6 rings (SSSR count). The molecule has 0 bridgehead atoms. The summed E-state index contributed by atoms with van der Waals surface area (Å²) in [5.74, 6) is 1.31. The molecule has 0 atom stereocenters. The zero-order valence-electron chi connectivity index (χ0n) is 23.0. The molecule has 0 unspecified atom stereocenters. The summed E-state index contributed by atoms with van der Waals surface area (Å²) in [7, 11) is 1.63. The monoisotopic (exact) mass is 534 g/mol. The Bertz CT molecular complexity index is 1670. The van der Waals surface area contributed by atoms with Crippen molar-refractivity contribution in [2.75, 3.05) is 25.1 Å². The van der Waals surface area contributed by atoms with Crippen LogP contribution in [-0.2, 0) is 13.0 Å². The minimum atomic E-state index is -0.103. The quantitative estimate of drug-likeness (QED) is 0.258. The van der Waals surface area contributed by atoms with E-state index in [9.17, 15) is 4.79 Å². The van der Waals surface area contributed by atoms with Gasteiger partial charge < -0.3 is 19.4 Å². The van der Waals surface area contributed by atoms with Crippen LogP contribution in [0.3, 0.4) is 0 Å². The van der Waals surface area contributed by atoms with Crippen molar-refractivity contribution < 1.29 is 9.47 Å². The Kier molecular flexibility index (Phi) is 7.27. The molecule has 7 heteroatoms. The average molecular weight is 535 g/mol.